The second-order valence-electron chi connectivity index (χ2n) is 6.11. The van der Waals surface area contributed by atoms with Gasteiger partial charge < -0.3 is 15.4 Å². The molecule has 0 amide bonds. The summed E-state index contributed by atoms with van der Waals surface area (Å²) in [5.74, 6) is 0.199. The number of thiocarbonyl (C=S) groups is 1. The smallest absolute Gasteiger partial charge is 0.170 e. The van der Waals surface area contributed by atoms with Gasteiger partial charge in [-0.1, -0.05) is 25.4 Å². The van der Waals surface area contributed by atoms with Crippen LogP contribution in [0, 0.1) is 11.7 Å². The van der Waals surface area contributed by atoms with Gasteiger partial charge in [0.2, 0.25) is 0 Å². The summed E-state index contributed by atoms with van der Waals surface area (Å²) in [6, 6.07) is 4.41. The monoisotopic (exact) mass is 359 g/mol. The fourth-order valence-electron chi connectivity index (χ4n) is 2.54. The molecule has 0 aromatic heterocycles. The van der Waals surface area contributed by atoms with Crippen LogP contribution in [0.2, 0.25) is 5.02 Å². The minimum atomic E-state index is -0.447. The highest BCUT2D eigenvalue weighted by Crippen LogP contribution is 2.19. The lowest BCUT2D eigenvalue weighted by molar-refractivity contribution is -0.0283. The minimum Gasteiger partial charge on any atom is -0.374 e. The molecule has 128 valence electrons. The highest BCUT2D eigenvalue weighted by molar-refractivity contribution is 7.80. The molecule has 1 aliphatic heterocycles. The molecule has 1 heterocycles. The molecule has 7 heteroatoms. The average Bonchev–Trinajstić information content (AvgIpc) is 2.49. The summed E-state index contributed by atoms with van der Waals surface area (Å²) < 4.78 is 18.9. The Bertz CT molecular complexity index is 544. The Hall–Kier alpha value is -0.950. The third kappa shape index (κ3) is 6.22. The Morgan fingerprint density at radius 3 is 3.00 bits per heavy atom. The molecule has 0 spiro atoms. The van der Waals surface area contributed by atoms with E-state index in [1.165, 1.54) is 12.1 Å². The van der Waals surface area contributed by atoms with E-state index in [4.69, 9.17) is 28.6 Å². The van der Waals surface area contributed by atoms with E-state index in [1.807, 2.05) is 0 Å². The maximum absolute atomic E-state index is 13.1. The molecule has 23 heavy (non-hydrogen) atoms. The van der Waals surface area contributed by atoms with E-state index < -0.39 is 5.82 Å². The van der Waals surface area contributed by atoms with Crippen LogP contribution in [0.15, 0.2) is 18.2 Å². The van der Waals surface area contributed by atoms with Crippen LogP contribution < -0.4 is 10.6 Å². The van der Waals surface area contributed by atoms with E-state index in [9.17, 15) is 4.39 Å². The molecule has 0 unspecified atom stereocenters. The number of morpholine rings is 1. The molecule has 4 nitrogen and oxygen atoms in total. The molecular weight excluding hydrogens is 337 g/mol. The highest BCUT2D eigenvalue weighted by atomic mass is 35.5. The Labute approximate surface area is 147 Å². The maximum atomic E-state index is 13.1. The number of benzene rings is 1. The van der Waals surface area contributed by atoms with Gasteiger partial charge in [0, 0.05) is 31.9 Å². The fraction of sp³-hybridized carbons (Fsp3) is 0.562. The molecule has 1 aromatic rings. The third-order valence-corrected chi connectivity index (χ3v) is 4.05. The van der Waals surface area contributed by atoms with Crippen LogP contribution in [0.4, 0.5) is 10.1 Å². The fourth-order valence-corrected chi connectivity index (χ4v) is 2.92. The first kappa shape index (κ1) is 18.4. The van der Waals surface area contributed by atoms with Gasteiger partial charge in [-0.05, 0) is 36.3 Å². The van der Waals surface area contributed by atoms with Crippen molar-refractivity contribution in [3.63, 3.8) is 0 Å². The first-order chi connectivity index (χ1) is 10.9. The van der Waals surface area contributed by atoms with E-state index in [0.29, 0.717) is 23.3 Å². The van der Waals surface area contributed by atoms with Gasteiger partial charge in [-0.25, -0.2) is 4.39 Å². The van der Waals surface area contributed by atoms with E-state index in [1.54, 1.807) is 6.07 Å². The van der Waals surface area contributed by atoms with Gasteiger partial charge >= 0.3 is 0 Å². The Kier molecular flexibility index (Phi) is 7.02. The summed E-state index contributed by atoms with van der Waals surface area (Å²) in [5.41, 5.74) is 0.653. The zero-order chi connectivity index (χ0) is 16.8. The molecule has 1 atom stereocenters. The number of rotatable bonds is 5. The van der Waals surface area contributed by atoms with Crippen LogP contribution in [0.25, 0.3) is 0 Å². The summed E-state index contributed by atoms with van der Waals surface area (Å²) >= 11 is 11.0. The summed E-state index contributed by atoms with van der Waals surface area (Å²) in [5, 5.41) is 6.67. The molecular formula is C16H23ClFN3OS. The van der Waals surface area contributed by atoms with Gasteiger partial charge in [-0.2, -0.15) is 0 Å². The lowest BCUT2D eigenvalue weighted by Gasteiger charge is -2.34. The summed E-state index contributed by atoms with van der Waals surface area (Å²) in [4.78, 5) is 2.41. The molecule has 0 aliphatic carbocycles. The largest absolute Gasteiger partial charge is 0.374 e. The van der Waals surface area contributed by atoms with Crippen molar-refractivity contribution in [1.82, 2.24) is 10.2 Å². The SMILES string of the molecule is CC(C)CN1CCO[C@@H](CNC(=S)Nc2ccc(F)c(Cl)c2)C1. The normalized spacial score (nSPS) is 18.9. The maximum Gasteiger partial charge on any atom is 0.170 e. The van der Waals surface area contributed by atoms with Crippen LogP contribution in [0.1, 0.15) is 13.8 Å². The molecule has 0 saturated carbocycles. The van der Waals surface area contributed by atoms with Crippen molar-refractivity contribution in [2.45, 2.75) is 20.0 Å². The van der Waals surface area contributed by atoms with Crippen LogP contribution in [0.3, 0.4) is 0 Å². The Morgan fingerprint density at radius 1 is 1.52 bits per heavy atom. The van der Waals surface area contributed by atoms with Crippen molar-refractivity contribution in [3.8, 4) is 0 Å². The molecule has 1 fully saturated rings. The van der Waals surface area contributed by atoms with Gasteiger partial charge in [-0.3, -0.25) is 4.90 Å². The van der Waals surface area contributed by atoms with Crippen LogP contribution >= 0.6 is 23.8 Å². The number of nitrogens with one attached hydrogen (secondary N) is 2. The van der Waals surface area contributed by atoms with Crippen molar-refractivity contribution in [3.05, 3.63) is 29.0 Å². The van der Waals surface area contributed by atoms with Gasteiger partial charge in [0.05, 0.1) is 17.7 Å². The van der Waals surface area contributed by atoms with Gasteiger partial charge in [0.15, 0.2) is 5.11 Å². The molecule has 2 rings (SSSR count). The van der Waals surface area contributed by atoms with E-state index >= 15 is 0 Å². The first-order valence-corrected chi connectivity index (χ1v) is 8.56. The minimum absolute atomic E-state index is 0.0674. The summed E-state index contributed by atoms with van der Waals surface area (Å²) in [6.07, 6.45) is 0.110. The van der Waals surface area contributed by atoms with Crippen molar-refractivity contribution in [1.29, 1.82) is 0 Å². The highest BCUT2D eigenvalue weighted by Gasteiger charge is 2.20. The number of hydrogen-bond donors (Lipinski definition) is 2. The standard InChI is InChI=1S/C16H23ClFN3OS/c1-11(2)9-21-5-6-22-13(10-21)8-19-16(23)20-12-3-4-15(18)14(17)7-12/h3-4,7,11,13H,5-6,8-10H2,1-2H3,(H2,19,20,23)/t13-/m0/s1. The van der Waals surface area contributed by atoms with Crippen LogP contribution in [-0.4, -0.2) is 48.9 Å². The molecule has 0 bridgehead atoms. The molecule has 1 saturated heterocycles. The van der Waals surface area contributed by atoms with E-state index in [0.717, 1.165) is 26.2 Å². The Balaban J connectivity index is 1.76. The van der Waals surface area contributed by atoms with E-state index in [-0.39, 0.29) is 11.1 Å². The third-order valence-electron chi connectivity index (χ3n) is 3.51. The van der Waals surface area contributed by atoms with Crippen LogP contribution in [0.5, 0.6) is 0 Å². The summed E-state index contributed by atoms with van der Waals surface area (Å²) in [6.45, 7) is 8.77. The molecule has 1 aromatic carbocycles. The average molecular weight is 360 g/mol. The van der Waals surface area contributed by atoms with Gasteiger partial charge in [0.1, 0.15) is 5.82 Å². The predicted molar refractivity (Wildman–Crippen MR) is 96.7 cm³/mol. The summed E-state index contributed by atoms with van der Waals surface area (Å²) in [7, 11) is 0. The predicted octanol–water partition coefficient (Wildman–Crippen LogP) is 3.12. The Morgan fingerprint density at radius 2 is 2.30 bits per heavy atom. The quantitative estimate of drug-likeness (QED) is 0.790. The number of anilines is 1. The topological polar surface area (TPSA) is 36.5 Å². The zero-order valence-electron chi connectivity index (χ0n) is 13.4. The second kappa shape index (κ2) is 8.78. The van der Waals surface area contributed by atoms with E-state index in [2.05, 4.69) is 29.4 Å². The van der Waals surface area contributed by atoms with Crippen LogP contribution in [-0.2, 0) is 4.74 Å². The lowest BCUT2D eigenvalue weighted by atomic mass is 10.2. The van der Waals surface area contributed by atoms with Crippen molar-refractivity contribution in [2.24, 2.45) is 5.92 Å². The number of ether oxygens (including phenoxy) is 1. The van der Waals surface area contributed by atoms with Crippen molar-refractivity contribution >= 4 is 34.6 Å². The van der Waals surface area contributed by atoms with Crippen molar-refractivity contribution in [2.75, 3.05) is 38.1 Å². The number of nitrogens with zero attached hydrogens (tertiary/aromatic N) is 1. The number of hydrogen-bond acceptors (Lipinski definition) is 3. The first-order valence-electron chi connectivity index (χ1n) is 7.78. The van der Waals surface area contributed by atoms with Gasteiger partial charge in [-0.15, -0.1) is 0 Å². The van der Waals surface area contributed by atoms with Gasteiger partial charge in [0.25, 0.3) is 0 Å². The zero-order valence-corrected chi connectivity index (χ0v) is 15.0. The number of halogens is 2. The molecule has 1 aliphatic rings. The van der Waals surface area contributed by atoms with Crippen molar-refractivity contribution < 1.29 is 9.13 Å². The second-order valence-corrected chi connectivity index (χ2v) is 6.93. The molecule has 2 N–H and O–H groups in total. The molecule has 0 radical (unpaired) electrons. The lowest BCUT2D eigenvalue weighted by Crippen LogP contribution is -2.48.